The molecule has 4 nitrogen and oxygen atoms in total. The number of aromatic hydroxyl groups is 1. The first-order chi connectivity index (χ1) is 9.60. The monoisotopic (exact) mass is 270 g/mol. The fourth-order valence-corrected chi connectivity index (χ4v) is 1.79. The van der Waals surface area contributed by atoms with Gasteiger partial charge in [0.15, 0.2) is 0 Å². The van der Waals surface area contributed by atoms with E-state index in [0.29, 0.717) is 5.56 Å². The van der Waals surface area contributed by atoms with Crippen LogP contribution in [0.2, 0.25) is 0 Å². The summed E-state index contributed by atoms with van der Waals surface area (Å²) in [6.45, 7) is 0. The molecule has 0 saturated heterocycles. The minimum Gasteiger partial charge on any atom is -0.508 e. The quantitative estimate of drug-likeness (QED) is 0.900. The molecule has 0 saturated carbocycles. The predicted octanol–water partition coefficient (Wildman–Crippen LogP) is 2.58. The Hall–Kier alpha value is -2.87. The summed E-state index contributed by atoms with van der Waals surface area (Å²) in [4.78, 5) is 11.8. The van der Waals surface area contributed by atoms with Crippen molar-refractivity contribution in [2.75, 3.05) is 5.32 Å². The van der Waals surface area contributed by atoms with Gasteiger partial charge in [-0.2, -0.15) is 5.26 Å². The third-order valence-corrected chi connectivity index (χ3v) is 2.67. The number of nitriles is 1. The van der Waals surface area contributed by atoms with Crippen molar-refractivity contribution in [2.24, 2.45) is 0 Å². The molecule has 0 unspecified atom stereocenters. The lowest BCUT2D eigenvalue weighted by molar-refractivity contribution is -0.115. The van der Waals surface area contributed by atoms with Crippen LogP contribution in [-0.4, -0.2) is 11.0 Å². The Morgan fingerprint density at radius 1 is 1.30 bits per heavy atom. The Morgan fingerprint density at radius 3 is 2.75 bits per heavy atom. The summed E-state index contributed by atoms with van der Waals surface area (Å²) in [5.41, 5.74) is 0.562. The molecular formula is C15H11FN2O2. The summed E-state index contributed by atoms with van der Waals surface area (Å²) < 4.78 is 13.4. The number of phenolic OH excluding ortho intramolecular Hbond substituents is 1. The first-order valence-corrected chi connectivity index (χ1v) is 5.86. The van der Waals surface area contributed by atoms with Crippen molar-refractivity contribution in [3.8, 4) is 11.8 Å². The van der Waals surface area contributed by atoms with Gasteiger partial charge in [-0.1, -0.05) is 18.2 Å². The number of nitrogens with one attached hydrogen (secondary N) is 1. The van der Waals surface area contributed by atoms with Crippen molar-refractivity contribution in [1.82, 2.24) is 0 Å². The number of hydrogen-bond acceptors (Lipinski definition) is 3. The van der Waals surface area contributed by atoms with Crippen LogP contribution in [0, 0.1) is 17.1 Å². The fraction of sp³-hybridized carbons (Fsp3) is 0.0667. The highest BCUT2D eigenvalue weighted by atomic mass is 19.1. The van der Waals surface area contributed by atoms with Gasteiger partial charge in [0.2, 0.25) is 5.91 Å². The smallest absolute Gasteiger partial charge is 0.228 e. The van der Waals surface area contributed by atoms with Gasteiger partial charge in [0, 0.05) is 0 Å². The number of nitrogens with zero attached hydrogens (tertiary/aromatic N) is 1. The Morgan fingerprint density at radius 2 is 2.05 bits per heavy atom. The molecular weight excluding hydrogens is 259 g/mol. The van der Waals surface area contributed by atoms with Gasteiger partial charge >= 0.3 is 0 Å². The zero-order chi connectivity index (χ0) is 14.5. The molecule has 5 heteroatoms. The van der Waals surface area contributed by atoms with Crippen molar-refractivity contribution >= 4 is 11.6 Å². The third kappa shape index (κ3) is 3.12. The van der Waals surface area contributed by atoms with Gasteiger partial charge < -0.3 is 10.4 Å². The molecule has 0 fully saturated rings. The summed E-state index contributed by atoms with van der Waals surface area (Å²) >= 11 is 0. The van der Waals surface area contributed by atoms with E-state index in [-0.39, 0.29) is 23.4 Å². The highest BCUT2D eigenvalue weighted by Gasteiger charge is 2.11. The first-order valence-electron chi connectivity index (χ1n) is 5.86. The summed E-state index contributed by atoms with van der Waals surface area (Å²) in [5, 5.41) is 20.7. The Balaban J connectivity index is 2.13. The van der Waals surface area contributed by atoms with Crippen LogP contribution >= 0.6 is 0 Å². The van der Waals surface area contributed by atoms with Crippen molar-refractivity contribution in [3.63, 3.8) is 0 Å². The largest absolute Gasteiger partial charge is 0.508 e. The number of carbonyl (C=O) groups excluding carboxylic acids is 1. The van der Waals surface area contributed by atoms with Gasteiger partial charge in [0.1, 0.15) is 23.2 Å². The fourth-order valence-electron chi connectivity index (χ4n) is 1.79. The third-order valence-electron chi connectivity index (χ3n) is 2.67. The van der Waals surface area contributed by atoms with Gasteiger partial charge in [0.05, 0.1) is 12.1 Å². The van der Waals surface area contributed by atoms with Crippen LogP contribution < -0.4 is 5.32 Å². The second-order valence-electron chi connectivity index (χ2n) is 4.17. The van der Waals surface area contributed by atoms with Crippen molar-refractivity contribution in [1.29, 1.82) is 5.26 Å². The number of phenols is 1. The maximum Gasteiger partial charge on any atom is 0.228 e. The molecule has 0 atom stereocenters. The van der Waals surface area contributed by atoms with E-state index in [9.17, 15) is 14.3 Å². The number of benzene rings is 2. The lowest BCUT2D eigenvalue weighted by atomic mass is 10.1. The molecule has 1 amide bonds. The maximum absolute atomic E-state index is 13.4. The van der Waals surface area contributed by atoms with Crippen LogP contribution in [0.15, 0.2) is 42.5 Å². The minimum atomic E-state index is -0.678. The highest BCUT2D eigenvalue weighted by molar-refractivity contribution is 5.93. The molecule has 2 N–H and O–H groups in total. The number of carbonyl (C=O) groups is 1. The molecule has 20 heavy (non-hydrogen) atoms. The van der Waals surface area contributed by atoms with Gasteiger partial charge in [-0.3, -0.25) is 4.79 Å². The lowest BCUT2D eigenvalue weighted by Gasteiger charge is -2.07. The zero-order valence-corrected chi connectivity index (χ0v) is 10.4. The topological polar surface area (TPSA) is 73.1 Å². The number of hydrogen-bond donors (Lipinski definition) is 2. The van der Waals surface area contributed by atoms with Gasteiger partial charge in [0.25, 0.3) is 0 Å². The molecule has 0 bridgehead atoms. The van der Waals surface area contributed by atoms with E-state index in [1.54, 1.807) is 18.2 Å². The number of amides is 1. The van der Waals surface area contributed by atoms with Crippen molar-refractivity contribution in [3.05, 3.63) is 59.4 Å². The molecule has 0 aromatic heterocycles. The van der Waals surface area contributed by atoms with E-state index in [4.69, 9.17) is 5.26 Å². The molecule has 0 spiro atoms. The van der Waals surface area contributed by atoms with E-state index < -0.39 is 11.7 Å². The highest BCUT2D eigenvalue weighted by Crippen LogP contribution is 2.18. The van der Waals surface area contributed by atoms with Crippen molar-refractivity contribution in [2.45, 2.75) is 6.42 Å². The maximum atomic E-state index is 13.4. The molecule has 2 rings (SSSR count). The average molecular weight is 270 g/mol. The average Bonchev–Trinajstić information content (AvgIpc) is 2.38. The first kappa shape index (κ1) is 13.6. The Kier molecular flexibility index (Phi) is 3.96. The SMILES string of the molecule is N#Cc1c(F)cccc1NC(=O)Cc1cccc(O)c1. The van der Waals surface area contributed by atoms with Crippen LogP contribution in [-0.2, 0) is 11.2 Å². The number of anilines is 1. The molecule has 0 aliphatic rings. The van der Waals surface area contributed by atoms with Crippen LogP contribution in [0.5, 0.6) is 5.75 Å². The van der Waals surface area contributed by atoms with Gasteiger partial charge in [-0.15, -0.1) is 0 Å². The van der Waals surface area contributed by atoms with Gasteiger partial charge in [-0.25, -0.2) is 4.39 Å². The van der Waals surface area contributed by atoms with Crippen molar-refractivity contribution < 1.29 is 14.3 Å². The number of halogens is 1. The van der Waals surface area contributed by atoms with Crippen LogP contribution in [0.1, 0.15) is 11.1 Å². The van der Waals surface area contributed by atoms with E-state index >= 15 is 0 Å². The summed E-state index contributed by atoms with van der Waals surface area (Å²) in [5.74, 6) is -1.00. The van der Waals surface area contributed by atoms with Gasteiger partial charge in [-0.05, 0) is 29.8 Å². The molecule has 0 radical (unpaired) electrons. The minimum absolute atomic E-state index is 0.0236. The predicted molar refractivity (Wildman–Crippen MR) is 71.6 cm³/mol. The standard InChI is InChI=1S/C15H11FN2O2/c16-13-5-2-6-14(12(13)9-17)18-15(20)8-10-3-1-4-11(19)7-10/h1-7,19H,8H2,(H,18,20). The Labute approximate surface area is 115 Å². The van der Waals surface area contributed by atoms with Crippen LogP contribution in [0.3, 0.4) is 0 Å². The molecule has 0 aliphatic heterocycles. The molecule has 2 aromatic rings. The number of rotatable bonds is 3. The lowest BCUT2D eigenvalue weighted by Crippen LogP contribution is -2.15. The van der Waals surface area contributed by atoms with E-state index in [1.807, 2.05) is 0 Å². The van der Waals surface area contributed by atoms with E-state index in [0.717, 1.165) is 6.07 Å². The van der Waals surface area contributed by atoms with E-state index in [2.05, 4.69) is 5.32 Å². The normalized spacial score (nSPS) is 9.80. The molecule has 0 heterocycles. The molecule has 2 aromatic carbocycles. The zero-order valence-electron chi connectivity index (χ0n) is 10.4. The Bertz CT molecular complexity index is 693. The van der Waals surface area contributed by atoms with Crippen LogP contribution in [0.25, 0.3) is 0 Å². The molecule has 0 aliphatic carbocycles. The summed E-state index contributed by atoms with van der Waals surface area (Å²) in [6, 6.07) is 12.0. The summed E-state index contributed by atoms with van der Waals surface area (Å²) in [6.07, 6.45) is 0.0236. The molecule has 100 valence electrons. The van der Waals surface area contributed by atoms with Crippen LogP contribution in [0.4, 0.5) is 10.1 Å². The second-order valence-corrected chi connectivity index (χ2v) is 4.17. The summed E-state index contributed by atoms with van der Waals surface area (Å²) in [7, 11) is 0. The van der Waals surface area contributed by atoms with E-state index in [1.165, 1.54) is 24.3 Å². The second kappa shape index (κ2) is 5.85.